The standard InChI is InChI=1S/C16H15Cl2NO/c1-11(20)13-3-5-14(6-4-13)19-9-8-12-2-7-15(17)16(18)10-12/h2-7,10,19H,8-9H2,1H3. The highest BCUT2D eigenvalue weighted by Gasteiger charge is 2.01. The fourth-order valence-corrected chi connectivity index (χ4v) is 2.19. The second-order valence-electron chi connectivity index (χ2n) is 4.56. The van der Waals surface area contributed by atoms with E-state index in [1.807, 2.05) is 36.4 Å². The van der Waals surface area contributed by atoms with Crippen LogP contribution in [-0.2, 0) is 6.42 Å². The molecule has 0 radical (unpaired) electrons. The molecular weight excluding hydrogens is 293 g/mol. The zero-order chi connectivity index (χ0) is 14.5. The van der Waals surface area contributed by atoms with Crippen molar-refractivity contribution in [3.63, 3.8) is 0 Å². The van der Waals surface area contributed by atoms with Gasteiger partial charge in [0, 0.05) is 17.8 Å². The zero-order valence-electron chi connectivity index (χ0n) is 11.1. The van der Waals surface area contributed by atoms with Gasteiger partial charge in [-0.05, 0) is 55.3 Å². The molecule has 0 fully saturated rings. The summed E-state index contributed by atoms with van der Waals surface area (Å²) < 4.78 is 0. The monoisotopic (exact) mass is 307 g/mol. The number of hydrogen-bond donors (Lipinski definition) is 1. The van der Waals surface area contributed by atoms with Gasteiger partial charge < -0.3 is 5.32 Å². The van der Waals surface area contributed by atoms with E-state index < -0.39 is 0 Å². The third-order valence-electron chi connectivity index (χ3n) is 3.02. The van der Waals surface area contributed by atoms with E-state index in [-0.39, 0.29) is 5.78 Å². The normalized spacial score (nSPS) is 10.3. The summed E-state index contributed by atoms with van der Waals surface area (Å²) in [6, 6.07) is 13.1. The molecule has 0 heterocycles. The summed E-state index contributed by atoms with van der Waals surface area (Å²) in [7, 11) is 0. The van der Waals surface area contributed by atoms with E-state index in [1.165, 1.54) is 0 Å². The van der Waals surface area contributed by atoms with Gasteiger partial charge in [-0.15, -0.1) is 0 Å². The fraction of sp³-hybridized carbons (Fsp3) is 0.188. The van der Waals surface area contributed by atoms with Gasteiger partial charge in [0.1, 0.15) is 0 Å². The van der Waals surface area contributed by atoms with Crippen LogP contribution in [0.25, 0.3) is 0 Å². The lowest BCUT2D eigenvalue weighted by atomic mass is 10.1. The molecule has 0 aliphatic carbocycles. The number of hydrogen-bond acceptors (Lipinski definition) is 2. The highest BCUT2D eigenvalue weighted by atomic mass is 35.5. The van der Waals surface area contributed by atoms with Crippen LogP contribution in [0.1, 0.15) is 22.8 Å². The van der Waals surface area contributed by atoms with Gasteiger partial charge in [-0.25, -0.2) is 0 Å². The summed E-state index contributed by atoms with van der Waals surface area (Å²) in [5.41, 5.74) is 2.85. The van der Waals surface area contributed by atoms with Crippen LogP contribution >= 0.6 is 23.2 Å². The van der Waals surface area contributed by atoms with Gasteiger partial charge in [-0.2, -0.15) is 0 Å². The van der Waals surface area contributed by atoms with E-state index in [4.69, 9.17) is 23.2 Å². The first-order chi connectivity index (χ1) is 9.56. The Labute approximate surface area is 128 Å². The molecule has 0 aliphatic heterocycles. The number of halogens is 2. The molecule has 0 saturated heterocycles. The van der Waals surface area contributed by atoms with Crippen molar-refractivity contribution in [1.29, 1.82) is 0 Å². The average Bonchev–Trinajstić information content (AvgIpc) is 2.43. The molecule has 1 N–H and O–H groups in total. The van der Waals surface area contributed by atoms with Crippen LogP contribution in [-0.4, -0.2) is 12.3 Å². The second-order valence-corrected chi connectivity index (χ2v) is 5.37. The summed E-state index contributed by atoms with van der Waals surface area (Å²) in [6.45, 7) is 2.35. The molecule has 2 aromatic rings. The summed E-state index contributed by atoms with van der Waals surface area (Å²) >= 11 is 11.8. The van der Waals surface area contributed by atoms with Crippen molar-refractivity contribution in [2.45, 2.75) is 13.3 Å². The lowest BCUT2D eigenvalue weighted by Gasteiger charge is -2.07. The molecule has 0 bridgehead atoms. The molecule has 0 spiro atoms. The number of Topliss-reactive ketones (excluding diaryl/α,β-unsaturated/α-hetero) is 1. The minimum absolute atomic E-state index is 0.0763. The van der Waals surface area contributed by atoms with E-state index in [0.717, 1.165) is 29.8 Å². The largest absolute Gasteiger partial charge is 0.385 e. The van der Waals surface area contributed by atoms with E-state index in [2.05, 4.69) is 5.32 Å². The smallest absolute Gasteiger partial charge is 0.159 e. The van der Waals surface area contributed by atoms with Crippen LogP contribution < -0.4 is 5.32 Å². The molecule has 0 aromatic heterocycles. The summed E-state index contributed by atoms with van der Waals surface area (Å²) in [5, 5.41) is 4.46. The van der Waals surface area contributed by atoms with Gasteiger partial charge in [0.25, 0.3) is 0 Å². The minimum Gasteiger partial charge on any atom is -0.385 e. The van der Waals surface area contributed by atoms with Gasteiger partial charge >= 0.3 is 0 Å². The highest BCUT2D eigenvalue weighted by molar-refractivity contribution is 6.42. The van der Waals surface area contributed by atoms with Crippen LogP contribution in [0.2, 0.25) is 10.0 Å². The Bertz CT molecular complexity index is 608. The van der Waals surface area contributed by atoms with Crippen LogP contribution in [0, 0.1) is 0 Å². The van der Waals surface area contributed by atoms with Crippen LogP contribution in [0.5, 0.6) is 0 Å². The number of ketones is 1. The number of anilines is 1. The van der Waals surface area contributed by atoms with Crippen molar-refractivity contribution in [1.82, 2.24) is 0 Å². The van der Waals surface area contributed by atoms with Crippen molar-refractivity contribution >= 4 is 34.7 Å². The Hall–Kier alpha value is -1.51. The topological polar surface area (TPSA) is 29.1 Å². The van der Waals surface area contributed by atoms with E-state index in [9.17, 15) is 4.79 Å². The average molecular weight is 308 g/mol. The summed E-state index contributed by atoms with van der Waals surface area (Å²) in [5.74, 6) is 0.0763. The molecule has 0 saturated carbocycles. The Balaban J connectivity index is 1.89. The van der Waals surface area contributed by atoms with Crippen molar-refractivity contribution in [3.8, 4) is 0 Å². The lowest BCUT2D eigenvalue weighted by molar-refractivity contribution is 0.101. The number of rotatable bonds is 5. The molecule has 4 heteroatoms. The molecule has 2 aromatic carbocycles. The maximum Gasteiger partial charge on any atom is 0.159 e. The quantitative estimate of drug-likeness (QED) is 0.800. The number of benzene rings is 2. The Kier molecular flexibility index (Phi) is 5.05. The molecule has 20 heavy (non-hydrogen) atoms. The van der Waals surface area contributed by atoms with Gasteiger partial charge in [-0.1, -0.05) is 29.3 Å². The predicted molar refractivity (Wildman–Crippen MR) is 85.1 cm³/mol. The van der Waals surface area contributed by atoms with Crippen molar-refractivity contribution in [2.75, 3.05) is 11.9 Å². The van der Waals surface area contributed by atoms with Crippen molar-refractivity contribution < 1.29 is 4.79 Å². The SMILES string of the molecule is CC(=O)c1ccc(NCCc2ccc(Cl)c(Cl)c2)cc1. The Morgan fingerprint density at radius 2 is 1.75 bits per heavy atom. The number of nitrogens with one attached hydrogen (secondary N) is 1. The first-order valence-electron chi connectivity index (χ1n) is 6.35. The van der Waals surface area contributed by atoms with Gasteiger partial charge in [-0.3, -0.25) is 4.79 Å². The van der Waals surface area contributed by atoms with E-state index >= 15 is 0 Å². The first-order valence-corrected chi connectivity index (χ1v) is 7.10. The third-order valence-corrected chi connectivity index (χ3v) is 3.76. The lowest BCUT2D eigenvalue weighted by Crippen LogP contribution is -2.05. The van der Waals surface area contributed by atoms with Crippen LogP contribution in [0.3, 0.4) is 0 Å². The number of carbonyl (C=O) groups excluding carboxylic acids is 1. The van der Waals surface area contributed by atoms with Crippen LogP contribution in [0.4, 0.5) is 5.69 Å². The molecule has 2 nitrogen and oxygen atoms in total. The van der Waals surface area contributed by atoms with Gasteiger partial charge in [0.2, 0.25) is 0 Å². The first kappa shape index (κ1) is 14.9. The highest BCUT2D eigenvalue weighted by Crippen LogP contribution is 2.22. The van der Waals surface area contributed by atoms with Crippen LogP contribution in [0.15, 0.2) is 42.5 Å². The van der Waals surface area contributed by atoms with Gasteiger partial charge in [0.15, 0.2) is 5.78 Å². The Morgan fingerprint density at radius 1 is 1.05 bits per heavy atom. The molecule has 104 valence electrons. The summed E-state index contributed by atoms with van der Waals surface area (Å²) in [6.07, 6.45) is 0.853. The zero-order valence-corrected chi connectivity index (χ0v) is 12.6. The predicted octanol–water partition coefficient (Wildman–Crippen LogP) is 4.85. The molecule has 0 unspecified atom stereocenters. The van der Waals surface area contributed by atoms with E-state index in [0.29, 0.717) is 10.0 Å². The molecule has 0 atom stereocenters. The Morgan fingerprint density at radius 3 is 2.35 bits per heavy atom. The maximum atomic E-state index is 11.2. The van der Waals surface area contributed by atoms with Crippen molar-refractivity contribution in [2.24, 2.45) is 0 Å². The van der Waals surface area contributed by atoms with Crippen molar-refractivity contribution in [3.05, 3.63) is 63.6 Å². The number of carbonyl (C=O) groups is 1. The molecule has 0 amide bonds. The summed E-state index contributed by atoms with van der Waals surface area (Å²) in [4.78, 5) is 11.2. The van der Waals surface area contributed by atoms with E-state index in [1.54, 1.807) is 13.0 Å². The third kappa shape index (κ3) is 3.99. The molecule has 2 rings (SSSR count). The molecular formula is C16H15Cl2NO. The fourth-order valence-electron chi connectivity index (χ4n) is 1.87. The maximum absolute atomic E-state index is 11.2. The molecule has 0 aliphatic rings. The second kappa shape index (κ2) is 6.78. The van der Waals surface area contributed by atoms with Gasteiger partial charge in [0.05, 0.1) is 10.0 Å². The minimum atomic E-state index is 0.0763.